The van der Waals surface area contributed by atoms with Gasteiger partial charge in [0.05, 0.1) is 6.07 Å². The number of halogens is 1. The van der Waals surface area contributed by atoms with Crippen molar-refractivity contribution in [2.45, 2.75) is 6.04 Å². The van der Waals surface area contributed by atoms with Crippen molar-refractivity contribution >= 4 is 5.69 Å². The number of hydrogen-bond acceptors (Lipinski definition) is 3. The lowest BCUT2D eigenvalue weighted by Gasteiger charge is -2.19. The van der Waals surface area contributed by atoms with Gasteiger partial charge in [0.15, 0.2) is 0 Å². The molecule has 0 aliphatic heterocycles. The molecule has 1 atom stereocenters. The Bertz CT molecular complexity index is 328. The lowest BCUT2D eigenvalue weighted by molar-refractivity contribution is 0.627. The van der Waals surface area contributed by atoms with Gasteiger partial charge in [-0.25, -0.2) is 4.39 Å². The minimum absolute atomic E-state index is 0.272. The molecular formula is C10H12FN3. The molecule has 0 aliphatic rings. The molecule has 0 aliphatic carbocycles. The Labute approximate surface area is 82.5 Å². The Morgan fingerprint density at radius 3 is 2.57 bits per heavy atom. The molecule has 14 heavy (non-hydrogen) atoms. The second-order valence-electron chi connectivity index (χ2n) is 3.09. The highest BCUT2D eigenvalue weighted by Gasteiger charge is 2.05. The first-order valence-electron chi connectivity index (χ1n) is 4.25. The van der Waals surface area contributed by atoms with Crippen LogP contribution in [0.15, 0.2) is 24.3 Å². The molecule has 0 heterocycles. The van der Waals surface area contributed by atoms with Gasteiger partial charge in [0, 0.05) is 19.3 Å². The maximum atomic E-state index is 12.6. The van der Waals surface area contributed by atoms with Gasteiger partial charge in [-0.05, 0) is 24.3 Å². The predicted octanol–water partition coefficient (Wildman–Crippen LogP) is 1.11. The Hall–Kier alpha value is -1.60. The molecule has 0 spiro atoms. The summed E-state index contributed by atoms with van der Waals surface area (Å²) >= 11 is 0. The van der Waals surface area contributed by atoms with E-state index in [0.29, 0.717) is 6.54 Å². The number of anilines is 1. The molecule has 2 N–H and O–H groups in total. The van der Waals surface area contributed by atoms with Crippen LogP contribution in [0.4, 0.5) is 10.1 Å². The third kappa shape index (κ3) is 2.71. The van der Waals surface area contributed by atoms with Crippen LogP contribution >= 0.6 is 0 Å². The van der Waals surface area contributed by atoms with E-state index in [1.165, 1.54) is 12.1 Å². The minimum atomic E-state index is -0.523. The zero-order valence-electron chi connectivity index (χ0n) is 7.94. The van der Waals surface area contributed by atoms with Crippen molar-refractivity contribution in [3.63, 3.8) is 0 Å². The van der Waals surface area contributed by atoms with Crippen molar-refractivity contribution in [2.24, 2.45) is 5.73 Å². The van der Waals surface area contributed by atoms with Gasteiger partial charge in [0.25, 0.3) is 0 Å². The molecule has 74 valence electrons. The molecule has 1 aromatic rings. The molecule has 0 fully saturated rings. The molecule has 1 rings (SSSR count). The topological polar surface area (TPSA) is 53.0 Å². The molecule has 0 saturated carbocycles. The lowest BCUT2D eigenvalue weighted by atomic mass is 10.2. The van der Waals surface area contributed by atoms with Crippen LogP contribution in [0.1, 0.15) is 0 Å². The number of nitriles is 1. The molecule has 0 aromatic heterocycles. The van der Waals surface area contributed by atoms with Crippen LogP contribution in [-0.4, -0.2) is 19.6 Å². The maximum Gasteiger partial charge on any atom is 0.123 e. The van der Waals surface area contributed by atoms with Crippen LogP contribution in [0, 0.1) is 17.1 Å². The summed E-state index contributed by atoms with van der Waals surface area (Å²) in [5.74, 6) is -0.272. The quantitative estimate of drug-likeness (QED) is 0.782. The van der Waals surface area contributed by atoms with Gasteiger partial charge in [-0.2, -0.15) is 5.26 Å². The molecule has 0 amide bonds. The van der Waals surface area contributed by atoms with E-state index in [-0.39, 0.29) is 5.82 Å². The number of nitrogens with two attached hydrogens (primary N) is 1. The molecular weight excluding hydrogens is 181 g/mol. The Morgan fingerprint density at radius 2 is 2.07 bits per heavy atom. The molecule has 0 radical (unpaired) electrons. The van der Waals surface area contributed by atoms with Crippen LogP contribution < -0.4 is 10.6 Å². The normalized spacial score (nSPS) is 11.9. The van der Waals surface area contributed by atoms with Crippen LogP contribution in [0.3, 0.4) is 0 Å². The summed E-state index contributed by atoms with van der Waals surface area (Å²) < 4.78 is 12.6. The third-order valence-electron chi connectivity index (χ3n) is 1.90. The molecule has 1 aromatic carbocycles. The van der Waals surface area contributed by atoms with Gasteiger partial charge in [-0.3, -0.25) is 0 Å². The first-order chi connectivity index (χ1) is 6.63. The van der Waals surface area contributed by atoms with Crippen molar-refractivity contribution < 1.29 is 4.39 Å². The van der Waals surface area contributed by atoms with Gasteiger partial charge >= 0.3 is 0 Å². The number of benzene rings is 1. The lowest BCUT2D eigenvalue weighted by Crippen LogP contribution is -2.33. The second-order valence-corrected chi connectivity index (χ2v) is 3.09. The van der Waals surface area contributed by atoms with E-state index in [1.54, 1.807) is 12.1 Å². The van der Waals surface area contributed by atoms with Crippen LogP contribution in [0.2, 0.25) is 0 Å². The zero-order valence-corrected chi connectivity index (χ0v) is 7.94. The summed E-state index contributed by atoms with van der Waals surface area (Å²) in [6.45, 7) is 0.433. The number of likely N-dealkylation sites (N-methyl/N-ethyl adjacent to an activating group) is 1. The summed E-state index contributed by atoms with van der Waals surface area (Å²) in [5, 5.41) is 8.51. The number of nitrogens with zero attached hydrogens (tertiary/aromatic N) is 2. The molecule has 3 nitrogen and oxygen atoms in total. The monoisotopic (exact) mass is 193 g/mol. The fourth-order valence-electron chi connectivity index (χ4n) is 1.14. The summed E-state index contributed by atoms with van der Waals surface area (Å²) in [7, 11) is 1.81. The Morgan fingerprint density at radius 1 is 1.50 bits per heavy atom. The Kier molecular flexibility index (Phi) is 3.43. The number of rotatable bonds is 3. The van der Waals surface area contributed by atoms with Crippen LogP contribution in [-0.2, 0) is 0 Å². The SMILES string of the molecule is CN(CC(N)C#N)c1ccc(F)cc1. The van der Waals surface area contributed by atoms with Crippen molar-refractivity contribution in [2.75, 3.05) is 18.5 Å². The van der Waals surface area contributed by atoms with E-state index >= 15 is 0 Å². The van der Waals surface area contributed by atoms with E-state index in [2.05, 4.69) is 0 Å². The second kappa shape index (κ2) is 4.58. The van der Waals surface area contributed by atoms with Gasteiger partial charge in [-0.15, -0.1) is 0 Å². The van der Waals surface area contributed by atoms with Gasteiger partial charge in [0.2, 0.25) is 0 Å². The van der Waals surface area contributed by atoms with E-state index in [4.69, 9.17) is 11.0 Å². The van der Waals surface area contributed by atoms with Gasteiger partial charge in [-0.1, -0.05) is 0 Å². The largest absolute Gasteiger partial charge is 0.372 e. The van der Waals surface area contributed by atoms with Crippen molar-refractivity contribution in [1.82, 2.24) is 0 Å². The van der Waals surface area contributed by atoms with E-state index < -0.39 is 6.04 Å². The molecule has 0 saturated heterocycles. The number of hydrogen-bond donors (Lipinski definition) is 1. The van der Waals surface area contributed by atoms with Gasteiger partial charge < -0.3 is 10.6 Å². The van der Waals surface area contributed by atoms with E-state index in [9.17, 15) is 4.39 Å². The first-order valence-corrected chi connectivity index (χ1v) is 4.25. The van der Waals surface area contributed by atoms with Crippen molar-refractivity contribution in [3.05, 3.63) is 30.1 Å². The third-order valence-corrected chi connectivity index (χ3v) is 1.90. The predicted molar refractivity (Wildman–Crippen MR) is 53.3 cm³/mol. The Balaban J connectivity index is 2.66. The first kappa shape index (κ1) is 10.5. The highest BCUT2D eigenvalue weighted by Crippen LogP contribution is 2.12. The minimum Gasteiger partial charge on any atom is -0.372 e. The van der Waals surface area contributed by atoms with E-state index in [0.717, 1.165) is 5.69 Å². The smallest absolute Gasteiger partial charge is 0.123 e. The van der Waals surface area contributed by atoms with Crippen LogP contribution in [0.5, 0.6) is 0 Å². The summed E-state index contributed by atoms with van der Waals surface area (Å²) in [6.07, 6.45) is 0. The fraction of sp³-hybridized carbons (Fsp3) is 0.300. The average Bonchev–Trinajstić information content (AvgIpc) is 2.18. The molecule has 0 bridgehead atoms. The maximum absolute atomic E-state index is 12.6. The highest BCUT2D eigenvalue weighted by atomic mass is 19.1. The molecule has 1 unspecified atom stereocenters. The van der Waals surface area contributed by atoms with E-state index in [1.807, 2.05) is 18.0 Å². The summed E-state index contributed by atoms with van der Waals surface area (Å²) in [4.78, 5) is 1.81. The standard InChI is InChI=1S/C10H12FN3/c1-14(7-9(13)6-12)10-4-2-8(11)3-5-10/h2-5,9H,7,13H2,1H3. The van der Waals surface area contributed by atoms with Crippen molar-refractivity contribution in [1.29, 1.82) is 5.26 Å². The van der Waals surface area contributed by atoms with Gasteiger partial charge in [0.1, 0.15) is 11.9 Å². The fourth-order valence-corrected chi connectivity index (χ4v) is 1.14. The van der Waals surface area contributed by atoms with Crippen molar-refractivity contribution in [3.8, 4) is 6.07 Å². The van der Waals surface area contributed by atoms with Crippen LogP contribution in [0.25, 0.3) is 0 Å². The highest BCUT2D eigenvalue weighted by molar-refractivity contribution is 5.45. The average molecular weight is 193 g/mol. The zero-order chi connectivity index (χ0) is 10.6. The summed E-state index contributed by atoms with van der Waals surface area (Å²) in [5.41, 5.74) is 6.31. The molecule has 4 heteroatoms. The summed E-state index contributed by atoms with van der Waals surface area (Å²) in [6, 6.07) is 7.48.